The topological polar surface area (TPSA) is 59.5 Å². The number of anilines is 12. The van der Waals surface area contributed by atoms with Gasteiger partial charge in [-0.15, -0.1) is 0 Å². The maximum atomic E-state index is 11.7. The van der Waals surface area contributed by atoms with E-state index in [0.717, 1.165) is 168 Å². The number of aromatic nitrogens is 3. The maximum Gasteiger partial charge on any atom is 0.100 e. The third kappa shape index (κ3) is 11.8. The molecule has 0 spiro atoms. The molecule has 0 saturated carbocycles. The third-order valence-electron chi connectivity index (χ3n) is 20.3. The van der Waals surface area contributed by atoms with Crippen molar-refractivity contribution in [1.82, 2.24) is 14.1 Å². The first-order valence-corrected chi connectivity index (χ1v) is 35.9. The summed E-state index contributed by atoms with van der Waals surface area (Å²) >= 11 is 0. The Bertz CT molecular complexity index is 5470. The van der Waals surface area contributed by atoms with Crippen LogP contribution in [0.15, 0.2) is 388 Å². The summed E-state index contributed by atoms with van der Waals surface area (Å²) in [5.41, 5.74) is 26.9. The van der Waals surface area contributed by atoms with Crippen LogP contribution in [0, 0.1) is 25.2 Å². The smallest absolute Gasteiger partial charge is 0.100 e. The van der Waals surface area contributed by atoms with E-state index in [4.69, 9.17) is 4.98 Å². The molecule has 18 aromatic rings. The van der Waals surface area contributed by atoms with Crippen LogP contribution in [0.2, 0.25) is 0 Å². The average molecular weight is 1360 g/mol. The number of benzene rings is 15. The summed E-state index contributed by atoms with van der Waals surface area (Å²) in [4.78, 5) is 14.3. The summed E-state index contributed by atoms with van der Waals surface area (Å²) < 4.78 is 4.76. The zero-order valence-electron chi connectivity index (χ0n) is 58.5. The van der Waals surface area contributed by atoms with E-state index in [-0.39, 0.29) is 0 Å². The van der Waals surface area contributed by atoms with Gasteiger partial charge in [0.2, 0.25) is 0 Å². The Labute approximate surface area is 616 Å². The molecule has 18 rings (SSSR count). The number of nitrogens with zero attached hydrogens (tertiary/aromatic N) is 8. The van der Waals surface area contributed by atoms with Gasteiger partial charge in [0.15, 0.2) is 0 Å². The SMILES string of the molecule is Cc1ccc(-c2cc(-c3ccc(-n4c5ccc(N(c6ccccc6)c6ccccc6)cc5c5cc(N(c6ccccc6)c6ccccc6)ccc54)cc3)c(C#N)c(-c3ccc(-n4c5ccc(N(c6ccccc6)c6ccccc6)cc5c5cc(N(c6ccccc6)c6ccccc6)ccc54)cc3)c2)c(C)n1. The second kappa shape index (κ2) is 27.6. The minimum absolute atomic E-state index is 0.585. The highest BCUT2D eigenvalue weighted by Crippen LogP contribution is 2.47. The zero-order valence-corrected chi connectivity index (χ0v) is 58.5. The second-order valence-corrected chi connectivity index (χ2v) is 26.7. The maximum absolute atomic E-state index is 11.7. The van der Waals surface area contributed by atoms with Crippen LogP contribution in [0.5, 0.6) is 0 Å². The Kier molecular flexibility index (Phi) is 16.6. The van der Waals surface area contributed by atoms with Gasteiger partial charge >= 0.3 is 0 Å². The summed E-state index contributed by atoms with van der Waals surface area (Å²) in [5.74, 6) is 0. The van der Waals surface area contributed by atoms with Crippen molar-refractivity contribution in [2.75, 3.05) is 19.6 Å². The molecule has 3 aromatic heterocycles. The number of para-hydroxylation sites is 8. The molecule has 0 amide bonds. The number of aryl methyl sites for hydroxylation is 2. The Morgan fingerprint density at radius 2 is 0.500 bits per heavy atom. The zero-order chi connectivity index (χ0) is 71.0. The summed E-state index contributed by atoms with van der Waals surface area (Å²) in [6, 6.07) is 141. The molecule has 0 fully saturated rings. The molecule has 0 saturated heterocycles. The summed E-state index contributed by atoms with van der Waals surface area (Å²) in [7, 11) is 0. The van der Waals surface area contributed by atoms with Crippen molar-refractivity contribution in [1.29, 1.82) is 5.26 Å². The highest BCUT2D eigenvalue weighted by Gasteiger charge is 2.25. The van der Waals surface area contributed by atoms with Crippen molar-refractivity contribution in [3.8, 4) is 50.8 Å². The summed E-state index contributed by atoms with van der Waals surface area (Å²) in [5, 5.41) is 16.1. The lowest BCUT2D eigenvalue weighted by atomic mass is 9.88. The number of fused-ring (bicyclic) bond motifs is 6. The highest BCUT2D eigenvalue weighted by atomic mass is 15.2. The molecule has 0 aliphatic rings. The van der Waals surface area contributed by atoms with Gasteiger partial charge in [0.05, 0.1) is 27.6 Å². The van der Waals surface area contributed by atoms with Crippen molar-refractivity contribution in [2.45, 2.75) is 13.8 Å². The van der Waals surface area contributed by atoms with Crippen LogP contribution in [0.3, 0.4) is 0 Å². The van der Waals surface area contributed by atoms with Crippen LogP contribution in [-0.2, 0) is 0 Å². The highest BCUT2D eigenvalue weighted by molar-refractivity contribution is 6.14. The van der Waals surface area contributed by atoms with E-state index in [1.807, 2.05) is 6.92 Å². The van der Waals surface area contributed by atoms with Gasteiger partial charge in [0, 0.05) is 129 Å². The van der Waals surface area contributed by atoms with Gasteiger partial charge in [-0.3, -0.25) is 4.98 Å². The van der Waals surface area contributed by atoms with E-state index in [1.165, 1.54) is 0 Å². The summed E-state index contributed by atoms with van der Waals surface area (Å²) in [6.45, 7) is 4.10. The molecule has 0 aliphatic heterocycles. The molecule has 8 nitrogen and oxygen atoms in total. The molecule has 0 atom stereocenters. The molecular formula is C98H70N8. The predicted octanol–water partition coefficient (Wildman–Crippen LogP) is 26.6. The Hall–Kier alpha value is -14.3. The Morgan fingerprint density at radius 1 is 0.245 bits per heavy atom. The van der Waals surface area contributed by atoms with Gasteiger partial charge in [0.1, 0.15) is 6.07 Å². The van der Waals surface area contributed by atoms with Crippen LogP contribution in [0.1, 0.15) is 17.0 Å². The van der Waals surface area contributed by atoms with Gasteiger partial charge in [-0.05, 0) is 243 Å². The van der Waals surface area contributed by atoms with Crippen molar-refractivity contribution in [3.05, 3.63) is 405 Å². The second-order valence-electron chi connectivity index (χ2n) is 26.7. The van der Waals surface area contributed by atoms with Gasteiger partial charge in [-0.2, -0.15) is 5.26 Å². The van der Waals surface area contributed by atoms with Gasteiger partial charge < -0.3 is 28.7 Å². The fourth-order valence-electron chi connectivity index (χ4n) is 15.5. The molecular weight excluding hydrogens is 1290 g/mol. The fourth-order valence-corrected chi connectivity index (χ4v) is 15.5. The molecule has 0 aliphatic carbocycles. The number of hydrogen-bond donors (Lipinski definition) is 0. The monoisotopic (exact) mass is 1360 g/mol. The molecule has 3 heterocycles. The number of pyridine rings is 1. The minimum atomic E-state index is 0.585. The molecule has 0 N–H and O–H groups in total. The first-order chi connectivity index (χ1) is 52.4. The van der Waals surface area contributed by atoms with Crippen LogP contribution >= 0.6 is 0 Å². The van der Waals surface area contributed by atoms with Crippen LogP contribution in [0.4, 0.5) is 68.2 Å². The first-order valence-electron chi connectivity index (χ1n) is 35.9. The van der Waals surface area contributed by atoms with E-state index in [1.54, 1.807) is 0 Å². The molecule has 0 bridgehead atoms. The number of hydrogen-bond acceptors (Lipinski definition) is 6. The van der Waals surface area contributed by atoms with Gasteiger partial charge in [-0.25, -0.2) is 0 Å². The fraction of sp³-hybridized carbons (Fsp3) is 0.0204. The quantitative estimate of drug-likeness (QED) is 0.0905. The Balaban J connectivity index is 0.774. The van der Waals surface area contributed by atoms with E-state index < -0.39 is 0 Å². The minimum Gasteiger partial charge on any atom is -0.310 e. The molecule has 0 radical (unpaired) electrons. The summed E-state index contributed by atoms with van der Waals surface area (Å²) in [6.07, 6.45) is 0. The van der Waals surface area contributed by atoms with E-state index in [0.29, 0.717) is 5.56 Å². The van der Waals surface area contributed by atoms with Crippen molar-refractivity contribution >= 4 is 112 Å². The van der Waals surface area contributed by atoms with Gasteiger partial charge in [-0.1, -0.05) is 176 Å². The number of nitriles is 1. The standard InChI is InChI=1S/C98H70N8/c1-68-43-56-87(69(2)100-68)72-61-88(70-44-48-81(49-45-70)105-95-57-52-83(101(73-27-11-3-12-28-73)74-29-13-4-14-30-74)63-90(95)91-64-84(53-58-96(91)105)102(75-31-15-5-16-32-75)76-33-17-6-18-34-76)94(67-99)89(62-72)71-46-50-82(51-47-71)106-97-59-54-85(103(77-35-19-7-20-36-77)78-37-21-8-22-38-78)65-92(97)93-66-86(55-60-98(93)106)104(79-39-23-9-24-40-79)80-41-25-10-26-42-80/h3-66H,1-2H3. The Morgan fingerprint density at radius 3 is 0.736 bits per heavy atom. The van der Waals surface area contributed by atoms with Crippen molar-refractivity contribution < 1.29 is 0 Å². The normalized spacial score (nSPS) is 11.3. The van der Waals surface area contributed by atoms with Crippen molar-refractivity contribution in [2.24, 2.45) is 0 Å². The largest absolute Gasteiger partial charge is 0.310 e. The van der Waals surface area contributed by atoms with Crippen LogP contribution in [-0.4, -0.2) is 14.1 Å². The van der Waals surface area contributed by atoms with Crippen molar-refractivity contribution in [3.63, 3.8) is 0 Å². The van der Waals surface area contributed by atoms with Crippen LogP contribution in [0.25, 0.3) is 88.4 Å². The van der Waals surface area contributed by atoms with Crippen LogP contribution < -0.4 is 19.6 Å². The molecule has 106 heavy (non-hydrogen) atoms. The van der Waals surface area contributed by atoms with E-state index >= 15 is 0 Å². The van der Waals surface area contributed by atoms with Gasteiger partial charge in [0.25, 0.3) is 0 Å². The molecule has 8 heteroatoms. The third-order valence-corrected chi connectivity index (χ3v) is 20.3. The van der Waals surface area contributed by atoms with E-state index in [9.17, 15) is 5.26 Å². The van der Waals surface area contributed by atoms with E-state index in [2.05, 4.69) is 430 Å². The predicted molar refractivity (Wildman–Crippen MR) is 442 cm³/mol. The first kappa shape index (κ1) is 63.9. The lowest BCUT2D eigenvalue weighted by Crippen LogP contribution is -2.09. The lowest BCUT2D eigenvalue weighted by Gasteiger charge is -2.26. The molecule has 0 unspecified atom stereocenters. The molecule has 15 aromatic carbocycles. The lowest BCUT2D eigenvalue weighted by molar-refractivity contribution is 1.13. The molecule has 502 valence electrons. The number of rotatable bonds is 17. The average Bonchev–Trinajstić information content (AvgIpc) is 1.61.